The van der Waals surface area contributed by atoms with Crippen molar-refractivity contribution in [3.05, 3.63) is 22.1 Å². The lowest BCUT2D eigenvalue weighted by Crippen LogP contribution is -2.21. The van der Waals surface area contributed by atoms with Gasteiger partial charge in [-0.25, -0.2) is 9.97 Å². The van der Waals surface area contributed by atoms with Crippen molar-refractivity contribution in [3.8, 4) is 0 Å². The lowest BCUT2D eigenvalue weighted by atomic mass is 10.2. The number of alkyl halides is 3. The normalized spacial score (nSPS) is 11.6. The van der Waals surface area contributed by atoms with Crippen LogP contribution in [0.3, 0.4) is 0 Å². The number of carbonyl (C=O) groups is 2. The molecule has 0 aliphatic heterocycles. The first-order chi connectivity index (χ1) is 11.6. The summed E-state index contributed by atoms with van der Waals surface area (Å²) >= 11 is 2.33. The maximum absolute atomic E-state index is 12.1. The second kappa shape index (κ2) is 7.91. The van der Waals surface area contributed by atoms with Crippen molar-refractivity contribution >= 4 is 44.8 Å². The van der Waals surface area contributed by atoms with Gasteiger partial charge in [0.25, 0.3) is 0 Å². The van der Waals surface area contributed by atoms with Gasteiger partial charge in [-0.15, -0.1) is 22.7 Å². The Balaban J connectivity index is 1.87. The van der Waals surface area contributed by atoms with E-state index in [4.69, 9.17) is 0 Å². The fraction of sp³-hybridized carbons (Fsp3) is 0.429. The van der Waals surface area contributed by atoms with Crippen LogP contribution in [0.4, 0.5) is 23.4 Å². The summed E-state index contributed by atoms with van der Waals surface area (Å²) in [6.45, 7) is 4.03. The van der Waals surface area contributed by atoms with Crippen LogP contribution >= 0.6 is 22.7 Å². The molecule has 0 unspecified atom stereocenters. The van der Waals surface area contributed by atoms with Gasteiger partial charge in [0.15, 0.2) is 10.3 Å². The standard InChI is InChI=1S/C14H15F3N4O2S2/c1-7(2)9-5-18-12(25-9)20-10(22)3-8-6-24-13(19-8)21-11(23)4-14(15,16)17/h5-7H,3-4H2,1-2H3,(H,18,20,22)(H,19,21,23). The largest absolute Gasteiger partial charge is 0.397 e. The van der Waals surface area contributed by atoms with E-state index in [1.165, 1.54) is 16.7 Å². The number of anilines is 2. The van der Waals surface area contributed by atoms with Crippen LogP contribution in [0.2, 0.25) is 0 Å². The molecular weight excluding hydrogens is 377 g/mol. The Morgan fingerprint density at radius 1 is 1.20 bits per heavy atom. The third-order valence-electron chi connectivity index (χ3n) is 2.84. The molecular formula is C14H15F3N4O2S2. The van der Waals surface area contributed by atoms with E-state index in [0.717, 1.165) is 16.2 Å². The fourth-order valence-electron chi connectivity index (χ4n) is 1.73. The fourth-order valence-corrected chi connectivity index (χ4v) is 3.29. The van der Waals surface area contributed by atoms with E-state index in [1.54, 1.807) is 6.20 Å². The molecule has 25 heavy (non-hydrogen) atoms. The maximum Gasteiger partial charge on any atom is 0.397 e. The zero-order valence-corrected chi connectivity index (χ0v) is 14.9. The van der Waals surface area contributed by atoms with Crippen LogP contribution in [-0.4, -0.2) is 28.0 Å². The molecule has 2 rings (SSSR count). The quantitative estimate of drug-likeness (QED) is 0.783. The molecule has 2 amide bonds. The van der Waals surface area contributed by atoms with Crippen molar-refractivity contribution in [2.75, 3.05) is 10.6 Å². The summed E-state index contributed by atoms with van der Waals surface area (Å²) in [6, 6.07) is 0. The maximum atomic E-state index is 12.1. The zero-order valence-electron chi connectivity index (χ0n) is 13.3. The van der Waals surface area contributed by atoms with E-state index in [-0.39, 0.29) is 17.5 Å². The van der Waals surface area contributed by atoms with Crippen LogP contribution in [0.15, 0.2) is 11.6 Å². The van der Waals surface area contributed by atoms with Crippen molar-refractivity contribution in [2.24, 2.45) is 0 Å². The van der Waals surface area contributed by atoms with Crippen molar-refractivity contribution in [1.82, 2.24) is 9.97 Å². The number of rotatable bonds is 6. The summed E-state index contributed by atoms with van der Waals surface area (Å²) in [7, 11) is 0. The van der Waals surface area contributed by atoms with Gasteiger partial charge < -0.3 is 10.6 Å². The minimum atomic E-state index is -4.58. The van der Waals surface area contributed by atoms with Crippen molar-refractivity contribution in [1.29, 1.82) is 0 Å². The van der Waals surface area contributed by atoms with Gasteiger partial charge in [0.1, 0.15) is 6.42 Å². The topological polar surface area (TPSA) is 84.0 Å². The zero-order chi connectivity index (χ0) is 18.6. The Labute approximate surface area is 149 Å². The molecule has 2 heterocycles. The first kappa shape index (κ1) is 19.3. The van der Waals surface area contributed by atoms with Crippen molar-refractivity contribution in [2.45, 2.75) is 38.8 Å². The van der Waals surface area contributed by atoms with Gasteiger partial charge in [0.2, 0.25) is 11.8 Å². The third kappa shape index (κ3) is 6.42. The molecule has 6 nitrogen and oxygen atoms in total. The number of thiazole rings is 2. The summed E-state index contributed by atoms with van der Waals surface area (Å²) in [5, 5.41) is 6.71. The highest BCUT2D eigenvalue weighted by Crippen LogP contribution is 2.25. The van der Waals surface area contributed by atoms with Gasteiger partial charge >= 0.3 is 6.18 Å². The Bertz CT molecular complexity index is 755. The minimum Gasteiger partial charge on any atom is -0.302 e. The van der Waals surface area contributed by atoms with Crippen LogP contribution in [-0.2, 0) is 16.0 Å². The number of nitrogens with one attached hydrogen (secondary N) is 2. The minimum absolute atomic E-state index is 0.0217. The molecule has 0 radical (unpaired) electrons. The number of hydrogen-bond acceptors (Lipinski definition) is 6. The number of carbonyl (C=O) groups excluding carboxylic acids is 2. The number of hydrogen-bond donors (Lipinski definition) is 2. The van der Waals surface area contributed by atoms with E-state index < -0.39 is 18.5 Å². The van der Waals surface area contributed by atoms with Gasteiger partial charge in [-0.1, -0.05) is 13.8 Å². The predicted octanol–water partition coefficient (Wildman–Crippen LogP) is 3.80. The van der Waals surface area contributed by atoms with Crippen molar-refractivity contribution in [3.63, 3.8) is 0 Å². The molecule has 0 aliphatic carbocycles. The second-order valence-corrected chi connectivity index (χ2v) is 7.35. The predicted molar refractivity (Wildman–Crippen MR) is 90.0 cm³/mol. The van der Waals surface area contributed by atoms with Crippen LogP contribution in [0, 0.1) is 0 Å². The molecule has 0 fully saturated rings. The lowest BCUT2D eigenvalue weighted by Gasteiger charge is -2.04. The van der Waals surface area contributed by atoms with E-state index in [1.807, 2.05) is 13.8 Å². The van der Waals surface area contributed by atoms with Gasteiger partial charge in [-0.2, -0.15) is 13.2 Å². The monoisotopic (exact) mass is 392 g/mol. The molecule has 2 aromatic rings. The van der Waals surface area contributed by atoms with Gasteiger partial charge in [-0.05, 0) is 5.92 Å². The van der Waals surface area contributed by atoms with Crippen LogP contribution < -0.4 is 10.6 Å². The molecule has 0 spiro atoms. The number of amides is 2. The smallest absolute Gasteiger partial charge is 0.302 e. The summed E-state index contributed by atoms with van der Waals surface area (Å²) in [5.74, 6) is -1.23. The first-order valence-electron chi connectivity index (χ1n) is 7.19. The van der Waals surface area contributed by atoms with Gasteiger partial charge in [-0.3, -0.25) is 9.59 Å². The molecule has 0 saturated heterocycles. The number of nitrogens with zero attached hydrogens (tertiary/aromatic N) is 2. The highest BCUT2D eigenvalue weighted by atomic mass is 32.1. The Morgan fingerprint density at radius 2 is 1.88 bits per heavy atom. The lowest BCUT2D eigenvalue weighted by molar-refractivity contribution is -0.150. The average Bonchev–Trinajstić information content (AvgIpc) is 3.06. The molecule has 0 saturated carbocycles. The number of halogens is 3. The summed E-state index contributed by atoms with van der Waals surface area (Å²) in [5.41, 5.74) is 0.352. The van der Waals surface area contributed by atoms with Crippen LogP contribution in [0.5, 0.6) is 0 Å². The molecule has 11 heteroatoms. The molecule has 0 atom stereocenters. The Hall–Kier alpha value is -2.01. The van der Waals surface area contributed by atoms with Crippen molar-refractivity contribution < 1.29 is 22.8 Å². The summed E-state index contributed by atoms with van der Waals surface area (Å²) in [6.07, 6.45) is -4.53. The van der Waals surface area contributed by atoms with E-state index in [0.29, 0.717) is 16.7 Å². The van der Waals surface area contributed by atoms with Crippen LogP contribution in [0.25, 0.3) is 0 Å². The Kier molecular flexibility index (Phi) is 6.11. The molecule has 0 aromatic carbocycles. The number of aromatic nitrogens is 2. The molecule has 2 N–H and O–H groups in total. The second-order valence-electron chi connectivity index (χ2n) is 5.43. The Morgan fingerprint density at radius 3 is 2.48 bits per heavy atom. The molecule has 0 aliphatic rings. The van der Waals surface area contributed by atoms with Gasteiger partial charge in [0, 0.05) is 16.5 Å². The van der Waals surface area contributed by atoms with Gasteiger partial charge in [0.05, 0.1) is 12.1 Å². The third-order valence-corrected chi connectivity index (χ3v) is 4.86. The molecule has 2 aromatic heterocycles. The van der Waals surface area contributed by atoms with E-state index in [2.05, 4.69) is 20.6 Å². The summed E-state index contributed by atoms with van der Waals surface area (Å²) < 4.78 is 36.3. The van der Waals surface area contributed by atoms with E-state index in [9.17, 15) is 22.8 Å². The van der Waals surface area contributed by atoms with Crippen LogP contribution in [0.1, 0.15) is 36.8 Å². The highest BCUT2D eigenvalue weighted by Gasteiger charge is 2.31. The molecule has 0 bridgehead atoms. The molecule has 136 valence electrons. The average molecular weight is 392 g/mol. The first-order valence-corrected chi connectivity index (χ1v) is 8.88. The summed E-state index contributed by atoms with van der Waals surface area (Å²) in [4.78, 5) is 32.3. The highest BCUT2D eigenvalue weighted by molar-refractivity contribution is 7.15. The SMILES string of the molecule is CC(C)c1cnc(NC(=O)Cc2csc(NC(=O)CC(F)(F)F)n2)s1. The van der Waals surface area contributed by atoms with E-state index >= 15 is 0 Å².